The third-order valence-electron chi connectivity index (χ3n) is 6.32. The Morgan fingerprint density at radius 1 is 0.455 bits per heavy atom. The molecule has 0 saturated heterocycles. The topological polar surface area (TPSA) is 0 Å². The fraction of sp³-hybridized carbons (Fsp3) is 0. The summed E-state index contributed by atoms with van der Waals surface area (Å²) >= 11 is 7.56. The average molecular weight is 522 g/mol. The van der Waals surface area contributed by atoms with Crippen LogP contribution in [0.1, 0.15) is 0 Å². The standard InChI is InChI=1S/C30H17BrS2/c31-20-16-18(21-9-5-13-27-29(21)23-7-1-3-11-25(23)32-27)15-19(17-20)22-10-6-14-28-30(22)24-8-2-4-12-26(24)33-28/h1-17H. The van der Waals surface area contributed by atoms with Crippen molar-refractivity contribution < 1.29 is 0 Å². The summed E-state index contributed by atoms with van der Waals surface area (Å²) in [6, 6.07) is 37.7. The predicted octanol–water partition coefficient (Wildman–Crippen LogP) is 10.5. The van der Waals surface area contributed by atoms with Crippen molar-refractivity contribution in [2.24, 2.45) is 0 Å². The maximum Gasteiger partial charge on any atom is 0.0361 e. The maximum atomic E-state index is 3.82. The van der Waals surface area contributed by atoms with E-state index in [1.807, 2.05) is 22.7 Å². The molecule has 0 aliphatic heterocycles. The van der Waals surface area contributed by atoms with Gasteiger partial charge in [-0.2, -0.15) is 0 Å². The van der Waals surface area contributed by atoms with E-state index in [9.17, 15) is 0 Å². The van der Waals surface area contributed by atoms with Crippen LogP contribution >= 0.6 is 38.6 Å². The summed E-state index contributed by atoms with van der Waals surface area (Å²) in [5, 5.41) is 5.36. The predicted molar refractivity (Wildman–Crippen MR) is 151 cm³/mol. The second kappa shape index (κ2) is 7.53. The van der Waals surface area contributed by atoms with Gasteiger partial charge < -0.3 is 0 Å². The summed E-state index contributed by atoms with van der Waals surface area (Å²) in [5.41, 5.74) is 5.06. The summed E-state index contributed by atoms with van der Waals surface area (Å²) in [6.07, 6.45) is 0. The average Bonchev–Trinajstić information content (AvgIpc) is 3.42. The fourth-order valence-electron chi connectivity index (χ4n) is 4.93. The van der Waals surface area contributed by atoms with Crippen molar-refractivity contribution >= 4 is 78.9 Å². The SMILES string of the molecule is Brc1cc(-c2cccc3sc4ccccc4c23)cc(-c2cccc3sc4ccccc4c23)c1. The first kappa shape index (κ1) is 19.5. The molecule has 7 rings (SSSR count). The van der Waals surface area contributed by atoms with E-state index in [1.54, 1.807) is 0 Å². The summed E-state index contributed by atoms with van der Waals surface area (Å²) in [7, 11) is 0. The van der Waals surface area contributed by atoms with Crippen LogP contribution in [0.4, 0.5) is 0 Å². The molecule has 0 aliphatic rings. The van der Waals surface area contributed by atoms with Gasteiger partial charge >= 0.3 is 0 Å². The van der Waals surface area contributed by atoms with Gasteiger partial charge in [-0.15, -0.1) is 22.7 Å². The summed E-state index contributed by atoms with van der Waals surface area (Å²) < 4.78 is 6.44. The lowest BCUT2D eigenvalue weighted by molar-refractivity contribution is 1.61. The van der Waals surface area contributed by atoms with Crippen molar-refractivity contribution in [2.45, 2.75) is 0 Å². The molecule has 0 amide bonds. The van der Waals surface area contributed by atoms with Crippen molar-refractivity contribution in [3.8, 4) is 22.3 Å². The number of hydrogen-bond acceptors (Lipinski definition) is 2. The molecule has 2 aromatic heterocycles. The van der Waals surface area contributed by atoms with Crippen LogP contribution < -0.4 is 0 Å². The minimum absolute atomic E-state index is 1.10. The van der Waals surface area contributed by atoms with Gasteiger partial charge in [0.15, 0.2) is 0 Å². The van der Waals surface area contributed by atoms with Gasteiger partial charge in [0.05, 0.1) is 0 Å². The zero-order chi connectivity index (χ0) is 21.9. The lowest BCUT2D eigenvalue weighted by atomic mass is 9.94. The normalized spacial score (nSPS) is 11.8. The summed E-state index contributed by atoms with van der Waals surface area (Å²) in [4.78, 5) is 0. The number of halogens is 1. The smallest absolute Gasteiger partial charge is 0.0361 e. The molecule has 2 heterocycles. The van der Waals surface area contributed by atoms with E-state index in [1.165, 1.54) is 62.6 Å². The van der Waals surface area contributed by atoms with Gasteiger partial charge in [-0.05, 0) is 64.7 Å². The quantitative estimate of drug-likeness (QED) is 0.212. The molecule has 7 aromatic rings. The van der Waals surface area contributed by atoms with Gasteiger partial charge in [-0.3, -0.25) is 0 Å². The van der Waals surface area contributed by atoms with Gasteiger partial charge in [0.2, 0.25) is 0 Å². The lowest BCUT2D eigenvalue weighted by Gasteiger charge is -2.11. The number of fused-ring (bicyclic) bond motifs is 6. The molecule has 156 valence electrons. The van der Waals surface area contributed by atoms with Crippen LogP contribution in [0, 0.1) is 0 Å². The zero-order valence-electron chi connectivity index (χ0n) is 17.5. The van der Waals surface area contributed by atoms with Crippen molar-refractivity contribution in [3.05, 3.63) is 108 Å². The van der Waals surface area contributed by atoms with Gasteiger partial charge in [-0.1, -0.05) is 76.6 Å². The van der Waals surface area contributed by atoms with E-state index in [0.717, 1.165) is 4.47 Å². The molecule has 0 nitrogen and oxygen atoms in total. The Hall–Kier alpha value is -2.98. The number of thiophene rings is 2. The zero-order valence-corrected chi connectivity index (χ0v) is 20.7. The largest absolute Gasteiger partial charge is 0.135 e. The molecular formula is C30H17BrS2. The first-order valence-electron chi connectivity index (χ1n) is 10.9. The molecule has 5 aromatic carbocycles. The fourth-order valence-corrected chi connectivity index (χ4v) is 7.69. The lowest BCUT2D eigenvalue weighted by Crippen LogP contribution is -1.85. The van der Waals surface area contributed by atoms with Crippen LogP contribution in [0.3, 0.4) is 0 Å². The summed E-state index contributed by atoms with van der Waals surface area (Å²) in [6.45, 7) is 0. The first-order chi connectivity index (χ1) is 16.3. The van der Waals surface area contributed by atoms with Gasteiger partial charge in [0.1, 0.15) is 0 Å². The minimum atomic E-state index is 1.10. The van der Waals surface area contributed by atoms with Crippen molar-refractivity contribution in [1.29, 1.82) is 0 Å². The van der Waals surface area contributed by atoms with Crippen molar-refractivity contribution in [2.75, 3.05) is 0 Å². The molecule has 0 spiro atoms. The highest BCUT2D eigenvalue weighted by molar-refractivity contribution is 9.10. The van der Waals surface area contributed by atoms with Crippen LogP contribution in [0.2, 0.25) is 0 Å². The third kappa shape index (κ3) is 3.07. The van der Waals surface area contributed by atoms with Crippen molar-refractivity contribution in [3.63, 3.8) is 0 Å². The molecule has 0 atom stereocenters. The maximum absolute atomic E-state index is 3.82. The van der Waals surface area contributed by atoms with E-state index in [0.29, 0.717) is 0 Å². The minimum Gasteiger partial charge on any atom is -0.135 e. The molecule has 0 unspecified atom stereocenters. The monoisotopic (exact) mass is 520 g/mol. The van der Waals surface area contributed by atoms with E-state index in [2.05, 4.69) is 119 Å². The van der Waals surface area contributed by atoms with Crippen molar-refractivity contribution in [1.82, 2.24) is 0 Å². The summed E-state index contributed by atoms with van der Waals surface area (Å²) in [5.74, 6) is 0. The highest BCUT2D eigenvalue weighted by Crippen LogP contribution is 2.44. The number of hydrogen-bond donors (Lipinski definition) is 0. The van der Waals surface area contributed by atoms with E-state index in [-0.39, 0.29) is 0 Å². The van der Waals surface area contributed by atoms with Gasteiger partial charge in [0.25, 0.3) is 0 Å². The second-order valence-electron chi connectivity index (χ2n) is 8.28. The molecule has 3 heteroatoms. The molecule has 0 N–H and O–H groups in total. The Kier molecular flexibility index (Phi) is 4.44. The Bertz CT molecular complexity index is 1710. The van der Waals surface area contributed by atoms with Crippen LogP contribution in [0.15, 0.2) is 108 Å². The number of rotatable bonds is 2. The highest BCUT2D eigenvalue weighted by atomic mass is 79.9. The van der Waals surface area contributed by atoms with Gasteiger partial charge in [0, 0.05) is 44.8 Å². The Morgan fingerprint density at radius 3 is 1.42 bits per heavy atom. The molecule has 33 heavy (non-hydrogen) atoms. The van der Waals surface area contributed by atoms with Crippen LogP contribution in [-0.4, -0.2) is 0 Å². The van der Waals surface area contributed by atoms with Crippen LogP contribution in [0.5, 0.6) is 0 Å². The second-order valence-corrected chi connectivity index (χ2v) is 11.4. The molecule has 0 fully saturated rings. The Labute approximate surface area is 207 Å². The first-order valence-corrected chi connectivity index (χ1v) is 13.3. The highest BCUT2D eigenvalue weighted by Gasteiger charge is 2.15. The third-order valence-corrected chi connectivity index (χ3v) is 9.05. The van der Waals surface area contributed by atoms with E-state index < -0.39 is 0 Å². The van der Waals surface area contributed by atoms with Crippen LogP contribution in [-0.2, 0) is 0 Å². The molecule has 0 aliphatic carbocycles. The Morgan fingerprint density at radius 2 is 0.909 bits per heavy atom. The molecule has 0 bridgehead atoms. The number of benzene rings is 5. The Balaban J connectivity index is 1.52. The van der Waals surface area contributed by atoms with Crippen LogP contribution in [0.25, 0.3) is 62.6 Å². The van der Waals surface area contributed by atoms with E-state index >= 15 is 0 Å². The van der Waals surface area contributed by atoms with E-state index in [4.69, 9.17) is 0 Å². The molecule has 0 saturated carbocycles. The molecule has 0 radical (unpaired) electrons. The van der Waals surface area contributed by atoms with Gasteiger partial charge in [-0.25, -0.2) is 0 Å². The molecular weight excluding hydrogens is 504 g/mol.